The molecule has 16 heavy (non-hydrogen) atoms. The number of ether oxygens (including phenoxy) is 1. The lowest BCUT2D eigenvalue weighted by molar-refractivity contribution is -0.228. The summed E-state index contributed by atoms with van der Waals surface area (Å²) in [6.07, 6.45) is 0. The van der Waals surface area contributed by atoms with Crippen molar-refractivity contribution in [2.24, 2.45) is 5.41 Å². The van der Waals surface area contributed by atoms with E-state index >= 15 is 0 Å². The molecule has 1 N–H and O–H groups in total. The number of carbonyl (C=O) groups is 1. The molecule has 0 saturated heterocycles. The van der Waals surface area contributed by atoms with Gasteiger partial charge >= 0.3 is 5.97 Å². The van der Waals surface area contributed by atoms with Gasteiger partial charge in [0.25, 0.3) is 0 Å². The molecule has 86 valence electrons. The molecule has 1 aromatic carbocycles. The first kappa shape index (κ1) is 11.1. The Balaban J connectivity index is 2.72. The summed E-state index contributed by atoms with van der Waals surface area (Å²) in [5.41, 5.74) is 1.39. The van der Waals surface area contributed by atoms with Gasteiger partial charge in [0.05, 0.1) is 5.56 Å². The SMILES string of the molecule is Cc1cccc2c1C(O)(C(C)(C)C)OC2=O. The van der Waals surface area contributed by atoms with Gasteiger partial charge in [-0.2, -0.15) is 0 Å². The predicted molar refractivity (Wildman–Crippen MR) is 59.9 cm³/mol. The van der Waals surface area contributed by atoms with Gasteiger partial charge in [-0.1, -0.05) is 32.9 Å². The minimum atomic E-state index is -1.52. The van der Waals surface area contributed by atoms with Crippen molar-refractivity contribution in [3.8, 4) is 0 Å². The molecule has 1 aromatic rings. The van der Waals surface area contributed by atoms with Crippen LogP contribution in [0.3, 0.4) is 0 Å². The van der Waals surface area contributed by atoms with Crippen LogP contribution in [0.4, 0.5) is 0 Å². The van der Waals surface area contributed by atoms with Crippen LogP contribution < -0.4 is 0 Å². The number of aliphatic hydroxyl groups is 1. The number of aryl methyl sites for hydroxylation is 1. The highest BCUT2D eigenvalue weighted by Gasteiger charge is 2.53. The molecular formula is C13H16O3. The summed E-state index contributed by atoms with van der Waals surface area (Å²) in [4.78, 5) is 11.7. The van der Waals surface area contributed by atoms with Crippen LogP contribution in [0.25, 0.3) is 0 Å². The number of cyclic esters (lactones) is 1. The molecule has 1 unspecified atom stereocenters. The van der Waals surface area contributed by atoms with E-state index in [2.05, 4.69) is 0 Å². The van der Waals surface area contributed by atoms with Gasteiger partial charge in [-0.3, -0.25) is 0 Å². The molecule has 1 heterocycles. The van der Waals surface area contributed by atoms with Crippen LogP contribution in [0.2, 0.25) is 0 Å². The molecule has 0 fully saturated rings. The van der Waals surface area contributed by atoms with Crippen molar-refractivity contribution in [2.75, 3.05) is 0 Å². The topological polar surface area (TPSA) is 46.5 Å². The van der Waals surface area contributed by atoms with Crippen LogP contribution in [0.15, 0.2) is 18.2 Å². The third-order valence-corrected chi connectivity index (χ3v) is 3.09. The molecule has 0 spiro atoms. The highest BCUT2D eigenvalue weighted by atomic mass is 16.7. The average molecular weight is 220 g/mol. The van der Waals surface area contributed by atoms with Gasteiger partial charge in [0.15, 0.2) is 0 Å². The van der Waals surface area contributed by atoms with Crippen LogP contribution in [-0.4, -0.2) is 11.1 Å². The molecule has 0 aromatic heterocycles. The summed E-state index contributed by atoms with van der Waals surface area (Å²) in [5, 5.41) is 10.6. The van der Waals surface area contributed by atoms with Gasteiger partial charge in [0, 0.05) is 11.0 Å². The molecule has 0 amide bonds. The van der Waals surface area contributed by atoms with Crippen molar-refractivity contribution in [3.05, 3.63) is 34.9 Å². The maximum atomic E-state index is 11.7. The standard InChI is InChI=1S/C13H16O3/c1-8-6-5-7-9-10(8)13(15,12(2,3)4)16-11(9)14/h5-7,15H,1-4H3. The summed E-state index contributed by atoms with van der Waals surface area (Å²) in [7, 11) is 0. The summed E-state index contributed by atoms with van der Waals surface area (Å²) in [6, 6.07) is 5.36. The van der Waals surface area contributed by atoms with E-state index in [9.17, 15) is 9.90 Å². The van der Waals surface area contributed by atoms with Crippen molar-refractivity contribution in [3.63, 3.8) is 0 Å². The first-order chi connectivity index (χ1) is 7.27. The van der Waals surface area contributed by atoms with Crippen LogP contribution in [0, 0.1) is 12.3 Å². The molecule has 1 aliphatic heterocycles. The molecule has 0 aliphatic carbocycles. The first-order valence-electron chi connectivity index (χ1n) is 5.33. The van der Waals surface area contributed by atoms with E-state index in [4.69, 9.17) is 4.74 Å². The van der Waals surface area contributed by atoms with Crippen LogP contribution >= 0.6 is 0 Å². The van der Waals surface area contributed by atoms with E-state index in [0.717, 1.165) is 5.56 Å². The number of hydrogen-bond acceptors (Lipinski definition) is 3. The number of carbonyl (C=O) groups excluding carboxylic acids is 1. The Labute approximate surface area is 95.0 Å². The van der Waals surface area contributed by atoms with Crippen LogP contribution in [0.5, 0.6) is 0 Å². The molecule has 3 heteroatoms. The van der Waals surface area contributed by atoms with Crippen molar-refractivity contribution in [1.82, 2.24) is 0 Å². The first-order valence-corrected chi connectivity index (χ1v) is 5.33. The van der Waals surface area contributed by atoms with Gasteiger partial charge in [0.2, 0.25) is 5.79 Å². The van der Waals surface area contributed by atoms with Crippen molar-refractivity contribution < 1.29 is 14.6 Å². The number of hydrogen-bond donors (Lipinski definition) is 1. The molecule has 1 atom stereocenters. The smallest absolute Gasteiger partial charge is 0.341 e. The number of rotatable bonds is 0. The summed E-state index contributed by atoms with van der Waals surface area (Å²) in [6.45, 7) is 7.42. The molecule has 1 aliphatic rings. The quantitative estimate of drug-likeness (QED) is 0.683. The molecule has 0 bridgehead atoms. The van der Waals surface area contributed by atoms with E-state index in [1.165, 1.54) is 0 Å². The van der Waals surface area contributed by atoms with Gasteiger partial charge in [-0.25, -0.2) is 4.79 Å². The highest BCUT2D eigenvalue weighted by Crippen LogP contribution is 2.47. The monoisotopic (exact) mass is 220 g/mol. The lowest BCUT2D eigenvalue weighted by atomic mass is 9.79. The van der Waals surface area contributed by atoms with Crippen LogP contribution in [0.1, 0.15) is 42.3 Å². The van der Waals surface area contributed by atoms with Crippen LogP contribution in [-0.2, 0) is 10.5 Å². The second-order valence-corrected chi connectivity index (χ2v) is 5.28. The molecule has 2 rings (SSSR count). The molecular weight excluding hydrogens is 204 g/mol. The maximum absolute atomic E-state index is 11.7. The zero-order chi connectivity index (χ0) is 12.1. The Hall–Kier alpha value is -1.35. The summed E-state index contributed by atoms with van der Waals surface area (Å²) >= 11 is 0. The molecule has 0 radical (unpaired) electrons. The normalized spacial score (nSPS) is 24.2. The Kier molecular flexibility index (Phi) is 2.14. The van der Waals surface area contributed by atoms with E-state index in [1.54, 1.807) is 12.1 Å². The van der Waals surface area contributed by atoms with E-state index < -0.39 is 17.2 Å². The van der Waals surface area contributed by atoms with Gasteiger partial charge in [-0.05, 0) is 18.6 Å². The Morgan fingerprint density at radius 1 is 1.31 bits per heavy atom. The van der Waals surface area contributed by atoms with Crippen molar-refractivity contribution in [2.45, 2.75) is 33.5 Å². The average Bonchev–Trinajstić information content (AvgIpc) is 2.40. The molecule has 3 nitrogen and oxygen atoms in total. The Morgan fingerprint density at radius 2 is 1.94 bits per heavy atom. The summed E-state index contributed by atoms with van der Waals surface area (Å²) < 4.78 is 5.18. The second-order valence-electron chi connectivity index (χ2n) is 5.28. The van der Waals surface area contributed by atoms with Gasteiger partial charge < -0.3 is 9.84 Å². The number of fused-ring (bicyclic) bond motifs is 1. The largest absolute Gasteiger partial charge is 0.425 e. The summed E-state index contributed by atoms with van der Waals surface area (Å²) in [5.74, 6) is -1.97. The van der Waals surface area contributed by atoms with Gasteiger partial charge in [0.1, 0.15) is 0 Å². The molecule has 0 saturated carbocycles. The fourth-order valence-electron chi connectivity index (χ4n) is 2.06. The zero-order valence-electron chi connectivity index (χ0n) is 10.00. The highest BCUT2D eigenvalue weighted by molar-refractivity contribution is 5.95. The lowest BCUT2D eigenvalue weighted by Crippen LogP contribution is -2.40. The van der Waals surface area contributed by atoms with E-state index in [0.29, 0.717) is 11.1 Å². The maximum Gasteiger partial charge on any atom is 0.341 e. The fourth-order valence-corrected chi connectivity index (χ4v) is 2.06. The second kappa shape index (κ2) is 3.08. The number of esters is 1. The van der Waals surface area contributed by atoms with E-state index in [-0.39, 0.29) is 0 Å². The minimum Gasteiger partial charge on any atom is -0.425 e. The Morgan fingerprint density at radius 3 is 2.50 bits per heavy atom. The number of benzene rings is 1. The van der Waals surface area contributed by atoms with E-state index in [1.807, 2.05) is 33.8 Å². The minimum absolute atomic E-state index is 0.448. The third-order valence-electron chi connectivity index (χ3n) is 3.09. The lowest BCUT2D eigenvalue weighted by Gasteiger charge is -2.36. The van der Waals surface area contributed by atoms with Gasteiger partial charge in [-0.15, -0.1) is 0 Å². The third kappa shape index (κ3) is 1.28. The van der Waals surface area contributed by atoms with Crippen molar-refractivity contribution in [1.29, 1.82) is 0 Å². The Bertz CT molecular complexity index is 457. The van der Waals surface area contributed by atoms with Crippen molar-refractivity contribution >= 4 is 5.97 Å². The predicted octanol–water partition coefficient (Wildman–Crippen LogP) is 2.36. The fraction of sp³-hybridized carbons (Fsp3) is 0.462. The zero-order valence-corrected chi connectivity index (χ0v) is 10.00.